The van der Waals surface area contributed by atoms with Gasteiger partial charge in [0.2, 0.25) is 23.6 Å². The van der Waals surface area contributed by atoms with Crippen molar-refractivity contribution < 1.29 is 38.2 Å². The summed E-state index contributed by atoms with van der Waals surface area (Å²) in [6.45, 7) is 43.2. The van der Waals surface area contributed by atoms with E-state index in [-0.39, 0.29) is 78.0 Å². The van der Waals surface area contributed by atoms with Crippen LogP contribution in [-0.2, 0) is 28.7 Å². The summed E-state index contributed by atoms with van der Waals surface area (Å²) in [5, 5.41) is 16.4. The highest BCUT2D eigenvalue weighted by atomic mass is 16.6. The zero-order valence-corrected chi connectivity index (χ0v) is 42.4. The van der Waals surface area contributed by atoms with Crippen LogP contribution in [0.1, 0.15) is 171 Å². The van der Waals surface area contributed by atoms with Crippen molar-refractivity contribution in [1.82, 2.24) is 36.8 Å². The van der Waals surface area contributed by atoms with Crippen molar-refractivity contribution in [3.8, 4) is 0 Å². The number of amides is 6. The number of likely N-dealkylation sites (N-methyl/N-ethyl adjacent to an activating group) is 1. The Balaban J connectivity index is -0.000000146. The summed E-state index contributed by atoms with van der Waals surface area (Å²) >= 11 is 0. The van der Waals surface area contributed by atoms with Gasteiger partial charge in [-0.15, -0.1) is 0 Å². The minimum absolute atomic E-state index is 0.0833. The van der Waals surface area contributed by atoms with Gasteiger partial charge in [-0.2, -0.15) is 0 Å². The Labute approximate surface area is 367 Å². The van der Waals surface area contributed by atoms with Crippen molar-refractivity contribution in [3.05, 3.63) is 12.7 Å². The van der Waals surface area contributed by atoms with E-state index in [0.717, 1.165) is 12.8 Å². The third-order valence-electron chi connectivity index (χ3n) is 5.70. The summed E-state index contributed by atoms with van der Waals surface area (Å²) in [5.41, 5.74) is -0.146. The maximum Gasteiger partial charge on any atom is 0.407 e. The van der Waals surface area contributed by atoms with Crippen molar-refractivity contribution in [2.24, 2.45) is 5.41 Å². The van der Waals surface area contributed by atoms with Crippen LogP contribution in [-0.4, -0.2) is 110 Å². The van der Waals surface area contributed by atoms with Gasteiger partial charge in [-0.25, -0.2) is 9.59 Å². The molecule has 0 heterocycles. The summed E-state index contributed by atoms with van der Waals surface area (Å²) in [5.74, 6) is 0.535. The molecule has 15 heteroatoms. The molecule has 0 rings (SSSR count). The third-order valence-corrected chi connectivity index (χ3v) is 5.70. The average Bonchev–Trinajstić information content (AvgIpc) is 3.01. The lowest BCUT2D eigenvalue weighted by Gasteiger charge is -2.20. The zero-order valence-electron chi connectivity index (χ0n) is 42.4. The van der Waals surface area contributed by atoms with Gasteiger partial charge in [0.25, 0.3) is 0 Å². The minimum atomic E-state index is -0.404. The van der Waals surface area contributed by atoms with Gasteiger partial charge in [0, 0.05) is 55.5 Å². The first-order valence-corrected chi connectivity index (χ1v) is 21.5. The minimum Gasteiger partial charge on any atom is -0.445 e. The van der Waals surface area contributed by atoms with Gasteiger partial charge in [0.1, 0.15) is 12.2 Å². The van der Waals surface area contributed by atoms with Crippen LogP contribution in [0.25, 0.3) is 0 Å². The number of hydrogen-bond donors (Lipinski definition) is 6. The highest BCUT2D eigenvalue weighted by Crippen LogP contribution is 2.20. The van der Waals surface area contributed by atoms with Crippen LogP contribution in [0.3, 0.4) is 0 Å². The molecule has 0 unspecified atom stereocenters. The van der Waals surface area contributed by atoms with Crippen molar-refractivity contribution in [2.75, 3.05) is 27.2 Å². The van der Waals surface area contributed by atoms with Crippen LogP contribution in [0.2, 0.25) is 0 Å². The summed E-state index contributed by atoms with van der Waals surface area (Å²) < 4.78 is 9.63. The lowest BCUT2D eigenvalue weighted by atomic mass is 9.90. The van der Waals surface area contributed by atoms with Gasteiger partial charge in [-0.3, -0.25) is 19.2 Å². The molecule has 0 aromatic rings. The number of carbonyl (C=O) groups excluding carboxylic acids is 6. The predicted molar refractivity (Wildman–Crippen MR) is 250 cm³/mol. The van der Waals surface area contributed by atoms with Crippen LogP contribution in [0.5, 0.6) is 0 Å². The Bertz CT molecular complexity index is 1110. The van der Waals surface area contributed by atoms with E-state index in [4.69, 9.17) is 4.74 Å². The fraction of sp³-hybridized carbons (Fsp3) is 0.822. The van der Waals surface area contributed by atoms with Gasteiger partial charge in [0.05, 0.1) is 6.54 Å². The Hall–Kier alpha value is -3.88. The second-order valence-electron chi connectivity index (χ2n) is 18.3. The largest absolute Gasteiger partial charge is 0.445 e. The maximum absolute atomic E-state index is 11.2. The topological polar surface area (TPSA) is 196 Å². The van der Waals surface area contributed by atoms with Crippen molar-refractivity contribution in [2.45, 2.75) is 212 Å². The van der Waals surface area contributed by atoms with Crippen LogP contribution in [0, 0.1) is 5.41 Å². The molecule has 60 heavy (non-hydrogen) atoms. The van der Waals surface area contributed by atoms with E-state index in [2.05, 4.69) is 64.0 Å². The predicted octanol–water partition coefficient (Wildman–Crippen LogP) is 7.87. The van der Waals surface area contributed by atoms with E-state index in [1.807, 2.05) is 137 Å². The molecule has 6 amide bonds. The molecule has 0 saturated heterocycles. The monoisotopic (exact) mass is 862 g/mol. The highest BCUT2D eigenvalue weighted by Gasteiger charge is 2.16. The second-order valence-corrected chi connectivity index (χ2v) is 18.3. The van der Waals surface area contributed by atoms with E-state index in [1.165, 1.54) is 6.08 Å². The molecule has 0 aromatic carbocycles. The Morgan fingerprint density at radius 1 is 0.550 bits per heavy atom. The summed E-state index contributed by atoms with van der Waals surface area (Å²) in [6, 6.07) is 1.32. The molecule has 0 radical (unpaired) electrons. The van der Waals surface area contributed by atoms with Gasteiger partial charge in [-0.1, -0.05) is 47.3 Å². The lowest BCUT2D eigenvalue weighted by Crippen LogP contribution is -2.37. The molecule has 0 spiro atoms. The van der Waals surface area contributed by atoms with Gasteiger partial charge in [0.15, 0.2) is 0 Å². The Kier molecular flexibility index (Phi) is 45.8. The molecule has 15 nitrogen and oxygen atoms in total. The van der Waals surface area contributed by atoms with Crippen LogP contribution in [0.15, 0.2) is 12.7 Å². The smallest absolute Gasteiger partial charge is 0.407 e. The highest BCUT2D eigenvalue weighted by molar-refractivity contribution is 5.78. The molecule has 0 atom stereocenters. The van der Waals surface area contributed by atoms with E-state index < -0.39 is 11.7 Å². The number of nitrogens with zero attached hydrogens (tertiary/aromatic N) is 1. The number of hydrogen-bond acceptors (Lipinski definition) is 9. The zero-order chi connectivity index (χ0) is 48.8. The van der Waals surface area contributed by atoms with Gasteiger partial charge < -0.3 is 46.3 Å². The molecule has 6 N–H and O–H groups in total. The number of rotatable bonds is 15. The first-order chi connectivity index (χ1) is 27.1. The van der Waals surface area contributed by atoms with Crippen LogP contribution >= 0.6 is 0 Å². The summed E-state index contributed by atoms with van der Waals surface area (Å²) in [4.78, 5) is 66.8. The molecule has 0 saturated carbocycles. The SMILES string of the molecule is C=CCOC(=O)NC(C)C.CC(C)NC(=O)CCC(C)(C)C.CC(C)NC(=O)CN(C)C.CC(C)NC(=O)OC(C)(C)C.CCC(=O)NC(C)C.CCCC(=O)NC(C)C. The molecule has 358 valence electrons. The molecular formula is C45H95N7O8. The molecule has 0 aliphatic carbocycles. The fourth-order valence-corrected chi connectivity index (χ4v) is 3.54. The van der Waals surface area contributed by atoms with E-state index in [9.17, 15) is 28.8 Å². The number of alkyl carbamates (subject to hydrolysis) is 2. The number of carbonyl (C=O) groups is 6. The van der Waals surface area contributed by atoms with E-state index in [1.54, 1.807) is 0 Å². The van der Waals surface area contributed by atoms with Gasteiger partial charge in [-0.05, 0) is 136 Å². The van der Waals surface area contributed by atoms with Crippen LogP contribution < -0.4 is 31.9 Å². The molecule has 0 aromatic heterocycles. The summed E-state index contributed by atoms with van der Waals surface area (Å²) in [7, 11) is 3.75. The number of ether oxygens (including phenoxy) is 2. The summed E-state index contributed by atoms with van der Waals surface area (Å²) in [6.07, 6.45) is 4.53. The average molecular weight is 862 g/mol. The van der Waals surface area contributed by atoms with Gasteiger partial charge >= 0.3 is 12.2 Å². The first-order valence-electron chi connectivity index (χ1n) is 21.5. The maximum atomic E-state index is 11.2. The third kappa shape index (κ3) is 78.5. The molecule has 0 fully saturated rings. The Morgan fingerprint density at radius 2 is 0.900 bits per heavy atom. The van der Waals surface area contributed by atoms with Crippen LogP contribution in [0.4, 0.5) is 9.59 Å². The second kappa shape index (κ2) is 40.5. The number of nitrogens with one attached hydrogen (secondary N) is 6. The van der Waals surface area contributed by atoms with Crippen molar-refractivity contribution in [3.63, 3.8) is 0 Å². The molecule has 0 aliphatic rings. The van der Waals surface area contributed by atoms with E-state index >= 15 is 0 Å². The standard InChI is InChI=1S/C10H21NO.C8H17NO2.C7H16N2O.C7H13NO2.C7H15NO.C6H13NO/c1-8(2)11-9(12)6-7-10(3,4)5;1-6(2)9-7(10)11-8(3,4)5;1-6(2)8-7(10)5-9(3)4;1-4-5-10-7(9)8-6(2)3;1-4-5-7(9)8-6(2)3;1-4-6(8)7-5(2)3/h8H,6-7H2,1-5H3,(H,11,12);6H,1-5H3,(H,9,10);6H,5H2,1-4H3,(H,8,10);4,6H,1,5H2,2-3H3,(H,8,9);6H,4-5H2,1-3H3,(H,8,9);5H,4H2,1-3H3,(H,7,8). The first kappa shape index (κ1) is 67.9. The normalized spacial score (nSPS) is 10.5. The van der Waals surface area contributed by atoms with E-state index in [0.29, 0.717) is 25.8 Å². The van der Waals surface area contributed by atoms with Crippen molar-refractivity contribution >= 4 is 35.8 Å². The van der Waals surface area contributed by atoms with Crippen molar-refractivity contribution in [1.29, 1.82) is 0 Å². The quantitative estimate of drug-likeness (QED) is 0.0888. The lowest BCUT2D eigenvalue weighted by molar-refractivity contribution is -0.123. The Morgan fingerprint density at radius 3 is 1.18 bits per heavy atom. The fourth-order valence-electron chi connectivity index (χ4n) is 3.54. The molecule has 0 aliphatic heterocycles. The molecular weight excluding hydrogens is 767 g/mol. The molecule has 0 bridgehead atoms.